The van der Waals surface area contributed by atoms with E-state index in [0.29, 0.717) is 25.3 Å². The molecule has 33 heavy (non-hydrogen) atoms. The third kappa shape index (κ3) is 4.60. The third-order valence-corrected chi connectivity index (χ3v) is 6.00. The molecule has 2 aromatic heterocycles. The minimum absolute atomic E-state index is 0.0306. The van der Waals surface area contributed by atoms with Crippen molar-refractivity contribution in [2.45, 2.75) is 47.5 Å². The highest BCUT2D eigenvalue weighted by Crippen LogP contribution is 2.32. The summed E-state index contributed by atoms with van der Waals surface area (Å²) in [6.07, 6.45) is 0.879. The van der Waals surface area contributed by atoms with Gasteiger partial charge in [-0.3, -0.25) is 4.79 Å². The molecule has 1 N–H and O–H groups in total. The summed E-state index contributed by atoms with van der Waals surface area (Å²) < 4.78 is 7.78. The Labute approximate surface area is 194 Å². The van der Waals surface area contributed by atoms with Gasteiger partial charge in [0.05, 0.1) is 18.0 Å². The molecule has 0 bridgehead atoms. The average Bonchev–Trinajstić information content (AvgIpc) is 3.13. The van der Waals surface area contributed by atoms with Crippen LogP contribution in [0.3, 0.4) is 0 Å². The summed E-state index contributed by atoms with van der Waals surface area (Å²) in [4.78, 5) is 17.5. The monoisotopic (exact) mass is 442 g/mol. The first-order chi connectivity index (χ1) is 15.9. The highest BCUT2D eigenvalue weighted by atomic mass is 16.5. The molecular weight excluding hydrogens is 412 g/mol. The Kier molecular flexibility index (Phi) is 6.45. The Hall–Kier alpha value is -3.67. The molecule has 0 aliphatic carbocycles. The maximum Gasteiger partial charge on any atom is 0.224 e. The zero-order valence-corrected chi connectivity index (χ0v) is 19.9. The van der Waals surface area contributed by atoms with Crippen LogP contribution in [0, 0.1) is 27.7 Å². The van der Waals surface area contributed by atoms with Gasteiger partial charge in [-0.2, -0.15) is 10.1 Å². The molecule has 170 valence electrons. The average molecular weight is 443 g/mol. The molecule has 2 aromatic carbocycles. The van der Waals surface area contributed by atoms with Crippen LogP contribution in [-0.4, -0.2) is 27.3 Å². The van der Waals surface area contributed by atoms with Gasteiger partial charge in [-0.15, -0.1) is 0 Å². The molecule has 0 aliphatic rings. The summed E-state index contributed by atoms with van der Waals surface area (Å²) in [5.74, 6) is 0.537. The first kappa shape index (κ1) is 22.5. The summed E-state index contributed by atoms with van der Waals surface area (Å²) in [5.41, 5.74) is 7.81. The van der Waals surface area contributed by atoms with Crippen LogP contribution in [0.15, 0.2) is 48.5 Å². The molecule has 0 aliphatic heterocycles. The van der Waals surface area contributed by atoms with Crippen molar-refractivity contribution in [1.82, 2.24) is 14.8 Å². The number of aromatic nitrogens is 3. The number of rotatable bonds is 7. The Morgan fingerprint density at radius 1 is 1.03 bits per heavy atom. The van der Waals surface area contributed by atoms with Crippen LogP contribution < -0.4 is 10.1 Å². The van der Waals surface area contributed by atoms with Gasteiger partial charge in [0.2, 0.25) is 11.8 Å². The number of benzene rings is 2. The number of amides is 1. The van der Waals surface area contributed by atoms with Crippen LogP contribution in [-0.2, 0) is 11.2 Å². The highest BCUT2D eigenvalue weighted by Gasteiger charge is 2.20. The maximum atomic E-state index is 12.7. The number of carbonyl (C=O) groups is 1. The maximum absolute atomic E-state index is 12.7. The second-order valence-corrected chi connectivity index (χ2v) is 8.33. The van der Waals surface area contributed by atoms with E-state index in [0.717, 1.165) is 44.8 Å². The molecule has 2 heterocycles. The van der Waals surface area contributed by atoms with Gasteiger partial charge in [-0.05, 0) is 82.0 Å². The van der Waals surface area contributed by atoms with Gasteiger partial charge < -0.3 is 10.1 Å². The highest BCUT2D eigenvalue weighted by molar-refractivity contribution is 5.91. The summed E-state index contributed by atoms with van der Waals surface area (Å²) in [6, 6.07) is 15.9. The number of ether oxygens (including phenoxy) is 1. The lowest BCUT2D eigenvalue weighted by atomic mass is 10.0. The van der Waals surface area contributed by atoms with Gasteiger partial charge in [-0.25, -0.2) is 4.68 Å². The molecule has 1 amide bonds. The Morgan fingerprint density at radius 2 is 1.79 bits per heavy atom. The van der Waals surface area contributed by atoms with Crippen molar-refractivity contribution in [3.05, 3.63) is 76.5 Å². The number of aryl methyl sites for hydroxylation is 4. The van der Waals surface area contributed by atoms with Crippen molar-refractivity contribution in [3.63, 3.8) is 0 Å². The van der Waals surface area contributed by atoms with Crippen LogP contribution in [0.25, 0.3) is 16.7 Å². The number of pyridine rings is 1. The predicted octanol–water partition coefficient (Wildman–Crippen LogP) is 5.62. The Bertz CT molecular complexity index is 1310. The first-order valence-corrected chi connectivity index (χ1v) is 11.3. The number of fused-ring (bicyclic) bond motifs is 1. The minimum Gasteiger partial charge on any atom is -0.478 e. The number of hydrogen-bond donors (Lipinski definition) is 1. The van der Waals surface area contributed by atoms with Crippen molar-refractivity contribution >= 4 is 22.6 Å². The molecule has 0 unspecified atom stereocenters. The largest absolute Gasteiger partial charge is 0.478 e. The first-order valence-electron chi connectivity index (χ1n) is 11.3. The SMILES string of the molecule is CCOc1nc2c(c(C)nn2-c2ccccc2)c(C)c1CCC(=O)Nc1ccc(C)c(C)c1. The smallest absolute Gasteiger partial charge is 0.224 e. The zero-order valence-electron chi connectivity index (χ0n) is 19.9. The standard InChI is InChI=1S/C27H30N4O2/c1-6-33-27-23(14-15-24(32)28-21-13-12-17(2)18(3)16-21)19(4)25-20(5)30-31(26(25)29-27)22-10-8-7-9-11-22/h7-13,16H,6,14-15H2,1-5H3,(H,28,32). The topological polar surface area (TPSA) is 69.0 Å². The van der Waals surface area contributed by atoms with E-state index in [1.807, 2.05) is 74.0 Å². The lowest BCUT2D eigenvalue weighted by Gasteiger charge is -2.14. The van der Waals surface area contributed by atoms with Gasteiger partial charge in [0.25, 0.3) is 0 Å². The summed E-state index contributed by atoms with van der Waals surface area (Å²) in [6.45, 7) is 10.6. The quantitative estimate of drug-likeness (QED) is 0.403. The predicted molar refractivity (Wildman–Crippen MR) is 132 cm³/mol. The van der Waals surface area contributed by atoms with Gasteiger partial charge in [0.15, 0.2) is 5.65 Å². The molecular formula is C27H30N4O2. The minimum atomic E-state index is -0.0306. The number of anilines is 1. The molecule has 0 radical (unpaired) electrons. The van der Waals surface area contributed by atoms with Crippen molar-refractivity contribution in [1.29, 1.82) is 0 Å². The van der Waals surface area contributed by atoms with Crippen LogP contribution in [0.4, 0.5) is 5.69 Å². The fraction of sp³-hybridized carbons (Fsp3) is 0.296. The van der Waals surface area contributed by atoms with Crippen molar-refractivity contribution in [2.24, 2.45) is 0 Å². The molecule has 4 aromatic rings. The normalized spacial score (nSPS) is 11.1. The number of carbonyl (C=O) groups excluding carboxylic acids is 1. The van der Waals surface area contributed by atoms with Crippen molar-refractivity contribution in [3.8, 4) is 11.6 Å². The van der Waals surface area contributed by atoms with Crippen molar-refractivity contribution < 1.29 is 9.53 Å². The molecule has 4 rings (SSSR count). The molecule has 0 saturated carbocycles. The Balaban J connectivity index is 1.64. The second kappa shape index (κ2) is 9.45. The van der Waals surface area contributed by atoms with Gasteiger partial charge >= 0.3 is 0 Å². The van der Waals surface area contributed by atoms with E-state index in [4.69, 9.17) is 14.8 Å². The molecule has 0 atom stereocenters. The lowest BCUT2D eigenvalue weighted by molar-refractivity contribution is -0.116. The number of para-hydroxylation sites is 1. The van der Waals surface area contributed by atoms with Gasteiger partial charge in [-0.1, -0.05) is 24.3 Å². The molecule has 0 spiro atoms. The van der Waals surface area contributed by atoms with E-state index in [1.54, 1.807) is 0 Å². The lowest BCUT2D eigenvalue weighted by Crippen LogP contribution is -2.14. The fourth-order valence-corrected chi connectivity index (χ4v) is 4.11. The molecule has 6 nitrogen and oxygen atoms in total. The van der Waals surface area contributed by atoms with E-state index in [2.05, 4.69) is 19.2 Å². The third-order valence-electron chi connectivity index (χ3n) is 6.00. The molecule has 6 heteroatoms. The van der Waals surface area contributed by atoms with Gasteiger partial charge in [0, 0.05) is 23.1 Å². The van der Waals surface area contributed by atoms with E-state index < -0.39 is 0 Å². The van der Waals surface area contributed by atoms with Crippen LogP contribution in [0.1, 0.15) is 41.3 Å². The number of nitrogens with one attached hydrogen (secondary N) is 1. The number of nitrogens with zero attached hydrogens (tertiary/aromatic N) is 3. The van der Waals surface area contributed by atoms with E-state index in [1.165, 1.54) is 5.56 Å². The zero-order chi connectivity index (χ0) is 23.5. The summed E-state index contributed by atoms with van der Waals surface area (Å²) in [7, 11) is 0. The summed E-state index contributed by atoms with van der Waals surface area (Å²) >= 11 is 0. The Morgan fingerprint density at radius 3 is 2.48 bits per heavy atom. The van der Waals surface area contributed by atoms with Crippen LogP contribution >= 0.6 is 0 Å². The number of hydrogen-bond acceptors (Lipinski definition) is 4. The van der Waals surface area contributed by atoms with E-state index in [9.17, 15) is 4.79 Å². The van der Waals surface area contributed by atoms with Crippen LogP contribution in [0.2, 0.25) is 0 Å². The molecule has 0 saturated heterocycles. The second-order valence-electron chi connectivity index (χ2n) is 8.33. The van der Waals surface area contributed by atoms with Gasteiger partial charge in [0.1, 0.15) is 0 Å². The van der Waals surface area contributed by atoms with Crippen LogP contribution in [0.5, 0.6) is 5.88 Å². The fourth-order valence-electron chi connectivity index (χ4n) is 4.11. The van der Waals surface area contributed by atoms with E-state index >= 15 is 0 Å². The van der Waals surface area contributed by atoms with Crippen molar-refractivity contribution in [2.75, 3.05) is 11.9 Å². The molecule has 0 fully saturated rings. The van der Waals surface area contributed by atoms with E-state index in [-0.39, 0.29) is 5.91 Å². The summed E-state index contributed by atoms with van der Waals surface area (Å²) in [5, 5.41) is 8.76.